The Bertz CT molecular complexity index is 666. The molecule has 106 valence electrons. The molecule has 0 spiro atoms. The van der Waals surface area contributed by atoms with E-state index in [1.807, 2.05) is 0 Å². The van der Waals surface area contributed by atoms with Gasteiger partial charge in [-0.15, -0.1) is 0 Å². The van der Waals surface area contributed by atoms with Crippen molar-refractivity contribution in [2.24, 2.45) is 11.8 Å². The number of nitriles is 1. The van der Waals surface area contributed by atoms with Gasteiger partial charge in [0.15, 0.2) is 0 Å². The fraction of sp³-hybridized carbons (Fsp3) is 0.500. The third-order valence-electron chi connectivity index (χ3n) is 4.31. The highest BCUT2D eigenvalue weighted by atomic mass is 32.2. The second-order valence-electron chi connectivity index (χ2n) is 5.59. The van der Waals surface area contributed by atoms with Gasteiger partial charge in [0.1, 0.15) is 0 Å². The molecule has 2 heterocycles. The molecule has 2 saturated heterocycles. The van der Waals surface area contributed by atoms with Gasteiger partial charge >= 0.3 is 0 Å². The Kier molecular flexibility index (Phi) is 3.28. The van der Waals surface area contributed by atoms with Crippen LogP contribution in [0.15, 0.2) is 23.1 Å². The largest absolute Gasteiger partial charge is 0.316 e. The van der Waals surface area contributed by atoms with Crippen molar-refractivity contribution in [2.45, 2.75) is 11.8 Å². The van der Waals surface area contributed by atoms with Crippen LogP contribution in [0.1, 0.15) is 11.1 Å². The Morgan fingerprint density at radius 3 is 2.50 bits per heavy atom. The second-order valence-corrected chi connectivity index (χ2v) is 7.53. The predicted octanol–water partition coefficient (Wildman–Crippen LogP) is 0.707. The molecule has 2 aliphatic heterocycles. The van der Waals surface area contributed by atoms with Crippen LogP contribution >= 0.6 is 0 Å². The standard InChI is InChI=1S/C14H17N3O2S/c1-10-4-14(3-2-11(10)5-15)20(18,19)17-8-12-6-16-7-13(12)9-17/h2-4,12-13,16H,6-9H2,1H3/t12-,13+. The zero-order valence-electron chi connectivity index (χ0n) is 11.3. The van der Waals surface area contributed by atoms with Crippen LogP contribution in [0.25, 0.3) is 0 Å². The first-order valence-corrected chi connectivity index (χ1v) is 8.18. The van der Waals surface area contributed by atoms with Gasteiger partial charge in [-0.25, -0.2) is 8.42 Å². The highest BCUT2D eigenvalue weighted by Crippen LogP contribution is 2.31. The molecule has 0 amide bonds. The summed E-state index contributed by atoms with van der Waals surface area (Å²) in [4.78, 5) is 0.293. The first kappa shape index (κ1) is 13.6. The fourth-order valence-corrected chi connectivity index (χ4v) is 4.72. The Hall–Kier alpha value is -1.42. The number of sulfonamides is 1. The average molecular weight is 291 g/mol. The Balaban J connectivity index is 1.89. The zero-order chi connectivity index (χ0) is 14.3. The highest BCUT2D eigenvalue weighted by Gasteiger charge is 2.41. The number of nitrogens with zero attached hydrogens (tertiary/aromatic N) is 2. The minimum Gasteiger partial charge on any atom is -0.316 e. The molecule has 2 aliphatic rings. The summed E-state index contributed by atoms with van der Waals surface area (Å²) < 4.78 is 26.9. The molecule has 0 aromatic heterocycles. The van der Waals surface area contributed by atoms with E-state index < -0.39 is 10.0 Å². The number of fused-ring (bicyclic) bond motifs is 1. The summed E-state index contributed by atoms with van der Waals surface area (Å²) in [6, 6.07) is 6.78. The van der Waals surface area contributed by atoms with Gasteiger partial charge in [-0.1, -0.05) is 0 Å². The van der Waals surface area contributed by atoms with Crippen molar-refractivity contribution in [1.29, 1.82) is 5.26 Å². The summed E-state index contributed by atoms with van der Waals surface area (Å²) in [5, 5.41) is 12.2. The van der Waals surface area contributed by atoms with E-state index in [2.05, 4.69) is 11.4 Å². The van der Waals surface area contributed by atoms with Crippen molar-refractivity contribution in [3.8, 4) is 6.07 Å². The van der Waals surface area contributed by atoms with Crippen molar-refractivity contribution < 1.29 is 8.42 Å². The van der Waals surface area contributed by atoms with Gasteiger partial charge in [0.05, 0.1) is 16.5 Å². The minimum absolute atomic E-state index is 0.293. The highest BCUT2D eigenvalue weighted by molar-refractivity contribution is 7.89. The minimum atomic E-state index is -3.43. The lowest BCUT2D eigenvalue weighted by Gasteiger charge is -2.18. The normalized spacial score (nSPS) is 26.4. The Morgan fingerprint density at radius 2 is 1.95 bits per heavy atom. The van der Waals surface area contributed by atoms with Crippen LogP contribution in [-0.4, -0.2) is 38.9 Å². The monoisotopic (exact) mass is 291 g/mol. The molecule has 1 aromatic rings. The smallest absolute Gasteiger partial charge is 0.243 e. The zero-order valence-corrected chi connectivity index (χ0v) is 12.2. The van der Waals surface area contributed by atoms with Gasteiger partial charge in [0.25, 0.3) is 0 Å². The van der Waals surface area contributed by atoms with E-state index in [1.165, 1.54) is 6.07 Å². The summed E-state index contributed by atoms with van der Waals surface area (Å²) in [7, 11) is -3.43. The molecule has 20 heavy (non-hydrogen) atoms. The molecule has 1 aromatic carbocycles. The van der Waals surface area contributed by atoms with E-state index in [-0.39, 0.29) is 0 Å². The van der Waals surface area contributed by atoms with Gasteiger partial charge in [0.2, 0.25) is 10.0 Å². The van der Waals surface area contributed by atoms with E-state index in [0.717, 1.165) is 13.1 Å². The van der Waals surface area contributed by atoms with Gasteiger partial charge in [0, 0.05) is 13.1 Å². The molecule has 0 unspecified atom stereocenters. The maximum atomic E-state index is 12.6. The average Bonchev–Trinajstić information content (AvgIpc) is 2.99. The van der Waals surface area contributed by atoms with Gasteiger partial charge < -0.3 is 5.32 Å². The van der Waals surface area contributed by atoms with Crippen LogP contribution in [0.2, 0.25) is 0 Å². The Morgan fingerprint density at radius 1 is 1.30 bits per heavy atom. The third-order valence-corrected chi connectivity index (χ3v) is 6.14. The first-order chi connectivity index (χ1) is 9.52. The molecule has 3 rings (SSSR count). The molecule has 0 saturated carbocycles. The number of nitrogens with one attached hydrogen (secondary N) is 1. The molecule has 0 aliphatic carbocycles. The number of hydrogen-bond acceptors (Lipinski definition) is 4. The van der Waals surface area contributed by atoms with Crippen LogP contribution < -0.4 is 5.32 Å². The molecule has 2 fully saturated rings. The van der Waals surface area contributed by atoms with E-state index in [4.69, 9.17) is 5.26 Å². The van der Waals surface area contributed by atoms with Crippen LogP contribution in [0.3, 0.4) is 0 Å². The molecule has 0 bridgehead atoms. The van der Waals surface area contributed by atoms with E-state index >= 15 is 0 Å². The van der Waals surface area contributed by atoms with Crippen molar-refractivity contribution in [3.05, 3.63) is 29.3 Å². The molecule has 1 N–H and O–H groups in total. The molecule has 6 heteroatoms. The molecule has 0 radical (unpaired) electrons. The summed E-state index contributed by atoms with van der Waals surface area (Å²) >= 11 is 0. The van der Waals surface area contributed by atoms with E-state index in [9.17, 15) is 8.42 Å². The van der Waals surface area contributed by atoms with Crippen molar-refractivity contribution >= 4 is 10.0 Å². The van der Waals surface area contributed by atoms with E-state index in [1.54, 1.807) is 23.4 Å². The maximum absolute atomic E-state index is 12.6. The summed E-state index contributed by atoms with van der Waals surface area (Å²) in [6.07, 6.45) is 0. The number of aryl methyl sites for hydroxylation is 1. The molecular weight excluding hydrogens is 274 g/mol. The first-order valence-electron chi connectivity index (χ1n) is 6.74. The number of benzene rings is 1. The Labute approximate surface area is 119 Å². The molecule has 5 nitrogen and oxygen atoms in total. The number of hydrogen-bond donors (Lipinski definition) is 1. The van der Waals surface area contributed by atoms with Crippen LogP contribution in [0, 0.1) is 30.1 Å². The summed E-state index contributed by atoms with van der Waals surface area (Å²) in [5.74, 6) is 0.869. The predicted molar refractivity (Wildman–Crippen MR) is 74.5 cm³/mol. The second kappa shape index (κ2) is 4.85. The van der Waals surface area contributed by atoms with Crippen molar-refractivity contribution in [3.63, 3.8) is 0 Å². The topological polar surface area (TPSA) is 73.2 Å². The maximum Gasteiger partial charge on any atom is 0.243 e. The quantitative estimate of drug-likeness (QED) is 0.871. The lowest BCUT2D eigenvalue weighted by atomic mass is 10.0. The van der Waals surface area contributed by atoms with Gasteiger partial charge in [-0.3, -0.25) is 0 Å². The van der Waals surface area contributed by atoms with Gasteiger partial charge in [-0.05, 0) is 55.6 Å². The van der Waals surface area contributed by atoms with Crippen molar-refractivity contribution in [1.82, 2.24) is 9.62 Å². The summed E-state index contributed by atoms with van der Waals surface area (Å²) in [6.45, 7) is 4.77. The molecule has 2 atom stereocenters. The fourth-order valence-electron chi connectivity index (χ4n) is 3.08. The lowest BCUT2D eigenvalue weighted by molar-refractivity contribution is 0.448. The van der Waals surface area contributed by atoms with Gasteiger partial charge in [-0.2, -0.15) is 9.57 Å². The number of rotatable bonds is 2. The SMILES string of the molecule is Cc1cc(S(=O)(=O)N2C[C@H]3CNC[C@H]3C2)ccc1C#N. The van der Waals surface area contributed by atoms with Crippen LogP contribution in [0.5, 0.6) is 0 Å². The summed E-state index contributed by atoms with van der Waals surface area (Å²) in [5.41, 5.74) is 1.22. The molecular formula is C14H17N3O2S. The lowest BCUT2D eigenvalue weighted by Crippen LogP contribution is -2.32. The van der Waals surface area contributed by atoms with Crippen LogP contribution in [0.4, 0.5) is 0 Å². The van der Waals surface area contributed by atoms with E-state index in [0.29, 0.717) is 40.9 Å². The van der Waals surface area contributed by atoms with Crippen molar-refractivity contribution in [2.75, 3.05) is 26.2 Å². The third kappa shape index (κ3) is 2.12. The van der Waals surface area contributed by atoms with Crippen LogP contribution in [-0.2, 0) is 10.0 Å².